The van der Waals surface area contributed by atoms with Gasteiger partial charge in [-0.3, -0.25) is 9.78 Å². The molecule has 2 saturated heterocycles. The van der Waals surface area contributed by atoms with Gasteiger partial charge in [-0.2, -0.15) is 0 Å². The van der Waals surface area contributed by atoms with Gasteiger partial charge >= 0.3 is 0 Å². The number of pyridine rings is 1. The molecule has 2 aliphatic rings. The van der Waals surface area contributed by atoms with E-state index < -0.39 is 6.10 Å². The molecule has 7 heteroatoms. The third-order valence-corrected chi connectivity index (χ3v) is 5.96. The third kappa shape index (κ3) is 5.58. The maximum atomic E-state index is 12.5. The average Bonchev–Trinajstić information content (AvgIpc) is 2.80. The van der Waals surface area contributed by atoms with Crippen LogP contribution >= 0.6 is 11.6 Å². The highest BCUT2D eigenvalue weighted by Crippen LogP contribution is 2.30. The lowest BCUT2D eigenvalue weighted by Gasteiger charge is -2.23. The van der Waals surface area contributed by atoms with E-state index in [-0.39, 0.29) is 12.2 Å². The van der Waals surface area contributed by atoms with Crippen molar-refractivity contribution < 1.29 is 14.3 Å². The van der Waals surface area contributed by atoms with E-state index >= 15 is 0 Å². The lowest BCUT2D eigenvalue weighted by Crippen LogP contribution is -2.43. The Bertz CT molecular complexity index is 865. The number of aromatic nitrogens is 1. The number of nitrogens with one attached hydrogen (secondary N) is 2. The number of carbonyl (C=O) groups excluding carboxylic acids is 1. The molecule has 0 radical (unpaired) electrons. The fourth-order valence-corrected chi connectivity index (χ4v) is 4.09. The van der Waals surface area contributed by atoms with Gasteiger partial charge in [-0.15, -0.1) is 0 Å². The summed E-state index contributed by atoms with van der Waals surface area (Å²) in [6, 6.07) is 10.1. The summed E-state index contributed by atoms with van der Waals surface area (Å²) in [6.45, 7) is 4.53. The zero-order valence-electron chi connectivity index (χ0n) is 17.0. The summed E-state index contributed by atoms with van der Waals surface area (Å²) in [5.41, 5.74) is 3.65. The van der Waals surface area contributed by atoms with Crippen molar-refractivity contribution >= 4 is 23.1 Å². The summed E-state index contributed by atoms with van der Waals surface area (Å²) in [6.07, 6.45) is 3.65. The number of morpholine rings is 1. The number of halogens is 1. The topological polar surface area (TPSA) is 72.5 Å². The van der Waals surface area contributed by atoms with Crippen LogP contribution in [0.15, 0.2) is 36.5 Å². The number of carbonyl (C=O) groups is 1. The Balaban J connectivity index is 1.45. The molecule has 0 saturated carbocycles. The second kappa shape index (κ2) is 10.4. The predicted molar refractivity (Wildman–Crippen MR) is 118 cm³/mol. The van der Waals surface area contributed by atoms with Gasteiger partial charge in [0.2, 0.25) is 0 Å². The molecular formula is C23H28ClN3O3. The number of anilines is 1. The molecule has 2 fully saturated rings. The predicted octanol–water partition coefficient (Wildman–Crippen LogP) is 3.34. The van der Waals surface area contributed by atoms with Crippen molar-refractivity contribution in [1.82, 2.24) is 10.3 Å². The van der Waals surface area contributed by atoms with Crippen molar-refractivity contribution in [2.75, 3.05) is 44.8 Å². The average molecular weight is 430 g/mol. The molecular weight excluding hydrogens is 402 g/mol. The highest BCUT2D eigenvalue weighted by Gasteiger charge is 2.22. The van der Waals surface area contributed by atoms with E-state index in [4.69, 9.17) is 21.1 Å². The quantitative estimate of drug-likeness (QED) is 0.703. The molecule has 3 heterocycles. The van der Waals surface area contributed by atoms with Crippen LogP contribution < -0.4 is 10.6 Å². The van der Waals surface area contributed by atoms with Gasteiger partial charge < -0.3 is 20.1 Å². The monoisotopic (exact) mass is 429 g/mol. The van der Waals surface area contributed by atoms with Crippen molar-refractivity contribution in [1.29, 1.82) is 0 Å². The summed E-state index contributed by atoms with van der Waals surface area (Å²) in [5, 5.41) is 7.30. The fraction of sp³-hybridized carbons (Fsp3) is 0.478. The van der Waals surface area contributed by atoms with E-state index in [1.54, 1.807) is 6.20 Å². The molecule has 160 valence electrons. The number of hydrogen-bond donors (Lipinski definition) is 2. The molecule has 2 aromatic rings. The Morgan fingerprint density at radius 3 is 2.90 bits per heavy atom. The van der Waals surface area contributed by atoms with Gasteiger partial charge in [0, 0.05) is 56.0 Å². The van der Waals surface area contributed by atoms with Crippen LogP contribution in [0, 0.1) is 5.92 Å². The van der Waals surface area contributed by atoms with Gasteiger partial charge in [-0.05, 0) is 42.5 Å². The van der Waals surface area contributed by atoms with E-state index in [0.29, 0.717) is 29.8 Å². The molecule has 6 nitrogen and oxygen atoms in total. The molecule has 2 N–H and O–H groups in total. The molecule has 0 amide bonds. The Kier molecular flexibility index (Phi) is 7.33. The summed E-state index contributed by atoms with van der Waals surface area (Å²) >= 11 is 6.45. The van der Waals surface area contributed by atoms with Crippen molar-refractivity contribution in [2.45, 2.75) is 25.4 Å². The minimum atomic E-state index is -0.405. The number of ether oxygens (including phenoxy) is 2. The highest BCUT2D eigenvalue weighted by molar-refractivity contribution is 6.33. The van der Waals surface area contributed by atoms with E-state index in [1.807, 2.05) is 18.2 Å². The van der Waals surface area contributed by atoms with Crippen LogP contribution in [-0.2, 0) is 20.7 Å². The fourth-order valence-electron chi connectivity index (χ4n) is 3.87. The lowest BCUT2D eigenvalue weighted by atomic mass is 10.00. The molecule has 30 heavy (non-hydrogen) atoms. The first-order valence-electron chi connectivity index (χ1n) is 10.6. The first-order chi connectivity index (χ1) is 14.7. The molecule has 2 aliphatic heterocycles. The van der Waals surface area contributed by atoms with Crippen LogP contribution in [0.1, 0.15) is 18.5 Å². The molecule has 1 aromatic heterocycles. The summed E-state index contributed by atoms with van der Waals surface area (Å²) in [5.74, 6) is 0.677. The second-order valence-electron chi connectivity index (χ2n) is 7.88. The van der Waals surface area contributed by atoms with Crippen LogP contribution in [-0.4, -0.2) is 56.3 Å². The van der Waals surface area contributed by atoms with Gasteiger partial charge in [-0.25, -0.2) is 0 Å². The van der Waals surface area contributed by atoms with Gasteiger partial charge in [0.05, 0.1) is 18.1 Å². The minimum Gasteiger partial charge on any atom is -0.385 e. The van der Waals surface area contributed by atoms with E-state index in [2.05, 4.69) is 27.8 Å². The smallest absolute Gasteiger partial charge is 0.168 e. The van der Waals surface area contributed by atoms with E-state index in [0.717, 1.165) is 56.0 Å². The summed E-state index contributed by atoms with van der Waals surface area (Å²) < 4.78 is 11.0. The summed E-state index contributed by atoms with van der Waals surface area (Å²) in [4.78, 5) is 16.9. The minimum absolute atomic E-state index is 0.0369. The van der Waals surface area contributed by atoms with Crippen LogP contribution in [0.4, 0.5) is 5.69 Å². The molecule has 0 bridgehead atoms. The first-order valence-corrected chi connectivity index (χ1v) is 11.0. The number of ketones is 1. The van der Waals surface area contributed by atoms with Gasteiger partial charge in [-0.1, -0.05) is 23.7 Å². The van der Waals surface area contributed by atoms with Crippen LogP contribution in [0.3, 0.4) is 0 Å². The maximum absolute atomic E-state index is 12.5. The van der Waals surface area contributed by atoms with Crippen molar-refractivity contribution in [3.8, 4) is 11.1 Å². The van der Waals surface area contributed by atoms with Crippen molar-refractivity contribution in [2.24, 2.45) is 5.92 Å². The molecule has 1 aromatic carbocycles. The normalized spacial score (nSPS) is 20.1. The van der Waals surface area contributed by atoms with Crippen LogP contribution in [0.25, 0.3) is 11.1 Å². The molecule has 0 spiro atoms. The Morgan fingerprint density at radius 2 is 2.10 bits per heavy atom. The third-order valence-electron chi connectivity index (χ3n) is 5.66. The number of rotatable bonds is 7. The Hall–Kier alpha value is -1.99. The molecule has 1 atom stereocenters. The first kappa shape index (κ1) is 21.2. The van der Waals surface area contributed by atoms with Gasteiger partial charge in [0.1, 0.15) is 6.10 Å². The van der Waals surface area contributed by atoms with Crippen LogP contribution in [0.2, 0.25) is 5.02 Å². The van der Waals surface area contributed by atoms with Crippen molar-refractivity contribution in [3.63, 3.8) is 0 Å². The van der Waals surface area contributed by atoms with Gasteiger partial charge in [0.25, 0.3) is 0 Å². The molecule has 4 rings (SSSR count). The van der Waals surface area contributed by atoms with Crippen molar-refractivity contribution in [3.05, 3.63) is 47.2 Å². The zero-order chi connectivity index (χ0) is 20.8. The van der Waals surface area contributed by atoms with E-state index in [9.17, 15) is 4.79 Å². The molecule has 0 unspecified atom stereocenters. The largest absolute Gasteiger partial charge is 0.385 e. The Morgan fingerprint density at radius 1 is 1.23 bits per heavy atom. The highest BCUT2D eigenvalue weighted by atomic mass is 35.5. The lowest BCUT2D eigenvalue weighted by molar-refractivity contribution is -0.131. The zero-order valence-corrected chi connectivity index (χ0v) is 17.8. The van der Waals surface area contributed by atoms with Gasteiger partial charge in [0.15, 0.2) is 5.78 Å². The number of hydrogen-bond acceptors (Lipinski definition) is 6. The van der Waals surface area contributed by atoms with E-state index in [1.165, 1.54) is 0 Å². The number of benzene rings is 1. The Labute approximate surface area is 182 Å². The SMILES string of the molecule is O=C(Cc1cc(-c2cccc(NCC3CCOCC3)c2)c(Cl)cn1)[C@H]1CNCCO1. The second-order valence-corrected chi connectivity index (χ2v) is 8.29. The van der Waals surface area contributed by atoms with Crippen LogP contribution in [0.5, 0.6) is 0 Å². The molecule has 0 aliphatic carbocycles. The standard InChI is InChI=1S/C23H28ClN3O3/c24-21-14-27-19(12-22(28)23-15-25-6-9-30-23)11-20(21)17-2-1-3-18(10-17)26-13-16-4-7-29-8-5-16/h1-3,10-11,14,16,23,25-26H,4-9,12-13,15H2/t23-/m1/s1. The number of Topliss-reactive ketones (excluding diaryl/α,β-unsaturated/α-hetero) is 1. The number of nitrogens with zero attached hydrogens (tertiary/aromatic N) is 1. The maximum Gasteiger partial charge on any atom is 0.168 e. The summed E-state index contributed by atoms with van der Waals surface area (Å²) in [7, 11) is 0.